The van der Waals surface area contributed by atoms with Crippen molar-refractivity contribution < 1.29 is 9.47 Å². The van der Waals surface area contributed by atoms with E-state index in [1.165, 1.54) is 5.56 Å². The number of aryl methyl sites for hydroxylation is 1. The minimum Gasteiger partial charge on any atom is -0.491 e. The Kier molecular flexibility index (Phi) is 14.4. The Hall–Kier alpha value is -1.06. The van der Waals surface area contributed by atoms with Crippen LogP contribution in [0.3, 0.4) is 0 Å². The second kappa shape index (κ2) is 15.0. The van der Waals surface area contributed by atoms with Crippen molar-refractivity contribution in [2.45, 2.75) is 26.8 Å². The Balaban J connectivity index is 0.00000625. The molecule has 0 aromatic heterocycles. The molecule has 0 amide bonds. The summed E-state index contributed by atoms with van der Waals surface area (Å²) in [6, 6.07) is 6.22. The summed E-state index contributed by atoms with van der Waals surface area (Å²) < 4.78 is 10.9. The molecule has 0 aliphatic carbocycles. The SMILES string of the molecule is CCNC(=NCc1ccc(C)cc1OCCOC)NCCCN(C)C.I. The third kappa shape index (κ3) is 10.8. The third-order valence-electron chi connectivity index (χ3n) is 3.59. The van der Waals surface area contributed by atoms with Gasteiger partial charge < -0.3 is 25.0 Å². The maximum absolute atomic E-state index is 5.83. The topological polar surface area (TPSA) is 58.1 Å². The minimum absolute atomic E-state index is 0. The number of hydrogen-bond donors (Lipinski definition) is 2. The van der Waals surface area contributed by atoms with E-state index in [0.29, 0.717) is 19.8 Å². The van der Waals surface area contributed by atoms with Crippen molar-refractivity contribution in [1.29, 1.82) is 0 Å². The largest absolute Gasteiger partial charge is 0.491 e. The van der Waals surface area contributed by atoms with Crippen molar-refractivity contribution in [3.8, 4) is 5.75 Å². The highest BCUT2D eigenvalue weighted by molar-refractivity contribution is 14.0. The predicted octanol–water partition coefficient (Wildman–Crippen LogP) is 2.65. The zero-order valence-electron chi connectivity index (χ0n) is 16.8. The molecule has 150 valence electrons. The monoisotopic (exact) mass is 478 g/mol. The number of benzene rings is 1. The smallest absolute Gasteiger partial charge is 0.191 e. The molecule has 0 radical (unpaired) electrons. The van der Waals surface area contributed by atoms with Gasteiger partial charge in [-0.1, -0.05) is 12.1 Å². The van der Waals surface area contributed by atoms with Gasteiger partial charge in [0, 0.05) is 25.8 Å². The van der Waals surface area contributed by atoms with E-state index in [2.05, 4.69) is 66.7 Å². The average Bonchev–Trinajstić information content (AvgIpc) is 2.57. The highest BCUT2D eigenvalue weighted by Gasteiger charge is 2.05. The normalized spacial score (nSPS) is 11.2. The standard InChI is InChI=1S/C19H34N4O2.HI/c1-6-20-19(21-10-7-11-23(3)4)22-15-17-9-8-16(2)14-18(17)25-13-12-24-5;/h8-9,14H,6-7,10-13,15H2,1-5H3,(H2,20,21,22);1H. The fourth-order valence-electron chi connectivity index (χ4n) is 2.27. The lowest BCUT2D eigenvalue weighted by Gasteiger charge is -2.14. The van der Waals surface area contributed by atoms with Crippen molar-refractivity contribution >= 4 is 29.9 Å². The lowest BCUT2D eigenvalue weighted by atomic mass is 10.1. The number of guanidine groups is 1. The van der Waals surface area contributed by atoms with Crippen LogP contribution in [0, 0.1) is 6.92 Å². The van der Waals surface area contributed by atoms with Crippen LogP contribution < -0.4 is 15.4 Å². The molecule has 0 spiro atoms. The second-order valence-corrected chi connectivity index (χ2v) is 6.23. The quantitative estimate of drug-likeness (QED) is 0.222. The van der Waals surface area contributed by atoms with Gasteiger partial charge in [-0.3, -0.25) is 0 Å². The molecular formula is C19H35IN4O2. The molecule has 1 rings (SSSR count). The molecule has 0 heterocycles. The van der Waals surface area contributed by atoms with Crippen LogP contribution in [-0.2, 0) is 11.3 Å². The summed E-state index contributed by atoms with van der Waals surface area (Å²) in [4.78, 5) is 6.87. The molecule has 0 bridgehead atoms. The number of ether oxygens (including phenoxy) is 2. The van der Waals surface area contributed by atoms with E-state index in [1.54, 1.807) is 7.11 Å². The first-order valence-corrected chi connectivity index (χ1v) is 8.95. The Labute approximate surface area is 175 Å². The van der Waals surface area contributed by atoms with Gasteiger partial charge in [0.05, 0.1) is 13.2 Å². The van der Waals surface area contributed by atoms with Crippen molar-refractivity contribution in [2.75, 3.05) is 54.1 Å². The molecule has 0 fully saturated rings. The van der Waals surface area contributed by atoms with Crippen LogP contribution in [0.4, 0.5) is 0 Å². The first-order valence-electron chi connectivity index (χ1n) is 8.95. The van der Waals surface area contributed by atoms with Gasteiger partial charge in [-0.2, -0.15) is 0 Å². The maximum atomic E-state index is 5.83. The lowest BCUT2D eigenvalue weighted by molar-refractivity contribution is 0.145. The Bertz CT molecular complexity index is 524. The van der Waals surface area contributed by atoms with E-state index in [4.69, 9.17) is 9.47 Å². The Morgan fingerprint density at radius 3 is 2.62 bits per heavy atom. The molecule has 0 atom stereocenters. The maximum Gasteiger partial charge on any atom is 0.191 e. The van der Waals surface area contributed by atoms with E-state index >= 15 is 0 Å². The Morgan fingerprint density at radius 1 is 1.19 bits per heavy atom. The van der Waals surface area contributed by atoms with Crippen LogP contribution >= 0.6 is 24.0 Å². The summed E-state index contributed by atoms with van der Waals surface area (Å²) in [7, 11) is 5.85. The van der Waals surface area contributed by atoms with Crippen LogP contribution in [-0.4, -0.2) is 64.9 Å². The second-order valence-electron chi connectivity index (χ2n) is 6.23. The molecular weight excluding hydrogens is 443 g/mol. The van der Waals surface area contributed by atoms with Gasteiger partial charge >= 0.3 is 0 Å². The van der Waals surface area contributed by atoms with Crippen molar-refractivity contribution in [3.63, 3.8) is 0 Å². The van der Waals surface area contributed by atoms with Gasteiger partial charge in [0.15, 0.2) is 5.96 Å². The summed E-state index contributed by atoms with van der Waals surface area (Å²) in [5, 5.41) is 6.67. The number of hydrogen-bond acceptors (Lipinski definition) is 4. The lowest BCUT2D eigenvalue weighted by Crippen LogP contribution is -2.38. The van der Waals surface area contributed by atoms with Gasteiger partial charge in [0.1, 0.15) is 12.4 Å². The van der Waals surface area contributed by atoms with E-state index in [1.807, 2.05) is 0 Å². The zero-order chi connectivity index (χ0) is 18.5. The molecule has 0 aliphatic rings. The Morgan fingerprint density at radius 2 is 1.96 bits per heavy atom. The minimum atomic E-state index is 0. The van der Waals surface area contributed by atoms with Gasteiger partial charge in [-0.25, -0.2) is 4.99 Å². The summed E-state index contributed by atoms with van der Waals surface area (Å²) in [6.07, 6.45) is 1.08. The summed E-state index contributed by atoms with van der Waals surface area (Å²) >= 11 is 0. The van der Waals surface area contributed by atoms with Gasteiger partial charge in [0.25, 0.3) is 0 Å². The van der Waals surface area contributed by atoms with Crippen molar-refractivity contribution in [2.24, 2.45) is 4.99 Å². The number of methoxy groups -OCH3 is 1. The van der Waals surface area contributed by atoms with E-state index in [0.717, 1.165) is 43.3 Å². The van der Waals surface area contributed by atoms with Gasteiger partial charge in [-0.05, 0) is 52.5 Å². The number of nitrogens with one attached hydrogen (secondary N) is 2. The van der Waals surface area contributed by atoms with Crippen LogP contribution in [0.2, 0.25) is 0 Å². The van der Waals surface area contributed by atoms with Crippen LogP contribution in [0.1, 0.15) is 24.5 Å². The number of halogens is 1. The molecule has 0 saturated heterocycles. The average molecular weight is 478 g/mol. The van der Waals surface area contributed by atoms with Crippen LogP contribution in [0.5, 0.6) is 5.75 Å². The van der Waals surface area contributed by atoms with E-state index in [9.17, 15) is 0 Å². The molecule has 6 nitrogen and oxygen atoms in total. The molecule has 0 unspecified atom stereocenters. The molecule has 26 heavy (non-hydrogen) atoms. The first kappa shape index (κ1) is 24.9. The highest BCUT2D eigenvalue weighted by atomic mass is 127. The fraction of sp³-hybridized carbons (Fsp3) is 0.632. The first-order chi connectivity index (χ1) is 12.1. The summed E-state index contributed by atoms with van der Waals surface area (Å²) in [5.74, 6) is 1.72. The van der Waals surface area contributed by atoms with Gasteiger partial charge in [0.2, 0.25) is 0 Å². The molecule has 1 aromatic rings. The van der Waals surface area contributed by atoms with E-state index in [-0.39, 0.29) is 24.0 Å². The van der Waals surface area contributed by atoms with E-state index < -0.39 is 0 Å². The zero-order valence-corrected chi connectivity index (χ0v) is 19.1. The molecule has 2 N–H and O–H groups in total. The fourth-order valence-corrected chi connectivity index (χ4v) is 2.27. The highest BCUT2D eigenvalue weighted by Crippen LogP contribution is 2.21. The van der Waals surface area contributed by atoms with Crippen molar-refractivity contribution in [3.05, 3.63) is 29.3 Å². The molecule has 7 heteroatoms. The predicted molar refractivity (Wildman–Crippen MR) is 120 cm³/mol. The third-order valence-corrected chi connectivity index (χ3v) is 3.59. The van der Waals surface area contributed by atoms with Crippen LogP contribution in [0.15, 0.2) is 23.2 Å². The summed E-state index contributed by atoms with van der Waals surface area (Å²) in [5.41, 5.74) is 2.25. The molecule has 0 aliphatic heterocycles. The number of rotatable bonds is 11. The molecule has 0 saturated carbocycles. The molecule has 1 aromatic carbocycles. The van der Waals surface area contributed by atoms with Crippen LogP contribution in [0.25, 0.3) is 0 Å². The number of aliphatic imine (C=N–C) groups is 1. The van der Waals surface area contributed by atoms with Crippen molar-refractivity contribution in [1.82, 2.24) is 15.5 Å². The van der Waals surface area contributed by atoms with Gasteiger partial charge in [-0.15, -0.1) is 24.0 Å². The number of nitrogens with zero attached hydrogens (tertiary/aromatic N) is 2. The summed E-state index contributed by atoms with van der Waals surface area (Å²) in [6.45, 7) is 8.62.